The van der Waals surface area contributed by atoms with Gasteiger partial charge in [0, 0.05) is 24.5 Å². The Balaban J connectivity index is 2.62. The molecule has 0 radical (unpaired) electrons. The third-order valence-corrected chi connectivity index (χ3v) is 2.57. The van der Waals surface area contributed by atoms with Gasteiger partial charge < -0.3 is 9.88 Å². The second-order valence-corrected chi connectivity index (χ2v) is 4.66. The Labute approximate surface area is 93.7 Å². The molecule has 0 saturated heterocycles. The Morgan fingerprint density at radius 2 is 2.07 bits per heavy atom. The monoisotopic (exact) mass is 208 g/mol. The Bertz CT molecular complexity index is 276. The Hall–Kier alpha value is -0.760. The van der Waals surface area contributed by atoms with Crippen molar-refractivity contribution < 1.29 is 0 Å². The van der Waals surface area contributed by atoms with E-state index in [1.807, 2.05) is 0 Å². The van der Waals surface area contributed by atoms with Gasteiger partial charge in [-0.3, -0.25) is 0 Å². The van der Waals surface area contributed by atoms with Crippen LogP contribution in [-0.4, -0.2) is 11.1 Å². The fourth-order valence-electron chi connectivity index (χ4n) is 1.85. The van der Waals surface area contributed by atoms with Gasteiger partial charge in [0.1, 0.15) is 0 Å². The lowest BCUT2D eigenvalue weighted by Gasteiger charge is -2.18. The smallest absolute Gasteiger partial charge is 0.0446 e. The molecule has 0 aliphatic rings. The second kappa shape index (κ2) is 5.96. The Kier molecular flexibility index (Phi) is 4.89. The summed E-state index contributed by atoms with van der Waals surface area (Å²) in [7, 11) is 0. The van der Waals surface area contributed by atoms with Crippen molar-refractivity contribution >= 4 is 0 Å². The van der Waals surface area contributed by atoms with Crippen molar-refractivity contribution in [2.75, 3.05) is 6.54 Å². The van der Waals surface area contributed by atoms with Crippen LogP contribution in [0, 0.1) is 5.92 Å². The zero-order valence-electron chi connectivity index (χ0n) is 10.5. The average Bonchev–Trinajstić information content (AvgIpc) is 2.61. The van der Waals surface area contributed by atoms with Gasteiger partial charge in [-0.05, 0) is 37.9 Å². The fourth-order valence-corrected chi connectivity index (χ4v) is 1.85. The van der Waals surface area contributed by atoms with Crippen LogP contribution in [-0.2, 0) is 6.54 Å². The van der Waals surface area contributed by atoms with Crippen LogP contribution in [0.25, 0.3) is 0 Å². The summed E-state index contributed by atoms with van der Waals surface area (Å²) in [6, 6.07) is 4.82. The molecule has 1 heterocycles. The van der Waals surface area contributed by atoms with Gasteiger partial charge in [-0.1, -0.05) is 20.8 Å². The van der Waals surface area contributed by atoms with Crippen molar-refractivity contribution in [3.63, 3.8) is 0 Å². The number of nitrogens with one attached hydrogen (secondary N) is 1. The van der Waals surface area contributed by atoms with Crippen molar-refractivity contribution in [3.05, 3.63) is 24.0 Å². The van der Waals surface area contributed by atoms with Gasteiger partial charge in [-0.25, -0.2) is 0 Å². The van der Waals surface area contributed by atoms with Crippen LogP contribution >= 0.6 is 0 Å². The molecule has 86 valence electrons. The summed E-state index contributed by atoms with van der Waals surface area (Å²) >= 11 is 0. The molecule has 0 aromatic carbocycles. The summed E-state index contributed by atoms with van der Waals surface area (Å²) in [6.45, 7) is 11.2. The van der Waals surface area contributed by atoms with Crippen molar-refractivity contribution in [1.82, 2.24) is 9.88 Å². The first-order chi connectivity index (χ1) is 7.15. The van der Waals surface area contributed by atoms with E-state index in [1.165, 1.54) is 12.1 Å². The van der Waals surface area contributed by atoms with Crippen molar-refractivity contribution in [2.24, 2.45) is 5.92 Å². The molecular weight excluding hydrogens is 184 g/mol. The number of hydrogen-bond acceptors (Lipinski definition) is 1. The summed E-state index contributed by atoms with van der Waals surface area (Å²) in [5.41, 5.74) is 1.40. The highest BCUT2D eigenvalue weighted by atomic mass is 15.0. The van der Waals surface area contributed by atoms with E-state index in [0.717, 1.165) is 13.1 Å². The quantitative estimate of drug-likeness (QED) is 0.759. The van der Waals surface area contributed by atoms with Gasteiger partial charge in [0.25, 0.3) is 0 Å². The van der Waals surface area contributed by atoms with Gasteiger partial charge in [0.2, 0.25) is 0 Å². The minimum absolute atomic E-state index is 0.457. The summed E-state index contributed by atoms with van der Waals surface area (Å²) in [4.78, 5) is 0. The highest BCUT2D eigenvalue weighted by Crippen LogP contribution is 2.14. The first kappa shape index (κ1) is 12.3. The maximum atomic E-state index is 3.53. The highest BCUT2D eigenvalue weighted by Gasteiger charge is 2.09. The van der Waals surface area contributed by atoms with Crippen LogP contribution in [0.1, 0.15) is 45.9 Å². The van der Waals surface area contributed by atoms with Gasteiger partial charge >= 0.3 is 0 Å². The van der Waals surface area contributed by atoms with Crippen molar-refractivity contribution in [3.8, 4) is 0 Å². The third-order valence-electron chi connectivity index (χ3n) is 2.57. The molecule has 1 atom stereocenters. The molecule has 0 saturated carbocycles. The summed E-state index contributed by atoms with van der Waals surface area (Å²) in [5, 5.41) is 3.53. The molecule has 0 spiro atoms. The molecule has 1 aromatic heterocycles. The molecule has 0 aliphatic heterocycles. The standard InChI is InChI=1S/C13H24N2/c1-5-8-14-12(4)13-7-6-9-15(13)10-11(2)3/h6-7,9,11-12,14H,5,8,10H2,1-4H3. The van der Waals surface area contributed by atoms with Gasteiger partial charge in [-0.2, -0.15) is 0 Å². The van der Waals surface area contributed by atoms with E-state index in [4.69, 9.17) is 0 Å². The second-order valence-electron chi connectivity index (χ2n) is 4.66. The third kappa shape index (κ3) is 3.71. The number of hydrogen-bond donors (Lipinski definition) is 1. The maximum absolute atomic E-state index is 3.53. The molecule has 0 bridgehead atoms. The molecule has 1 N–H and O–H groups in total. The van der Waals surface area contributed by atoms with E-state index >= 15 is 0 Å². The molecule has 2 heteroatoms. The van der Waals surface area contributed by atoms with Gasteiger partial charge in [-0.15, -0.1) is 0 Å². The molecule has 0 fully saturated rings. The molecular formula is C13H24N2. The van der Waals surface area contributed by atoms with Gasteiger partial charge in [0.15, 0.2) is 0 Å². The average molecular weight is 208 g/mol. The van der Waals surface area contributed by atoms with Crippen molar-refractivity contribution in [2.45, 2.75) is 46.7 Å². The number of rotatable bonds is 6. The molecule has 0 amide bonds. The van der Waals surface area contributed by atoms with E-state index in [9.17, 15) is 0 Å². The summed E-state index contributed by atoms with van der Waals surface area (Å²) in [6.07, 6.45) is 3.37. The molecule has 1 unspecified atom stereocenters. The zero-order valence-corrected chi connectivity index (χ0v) is 10.5. The largest absolute Gasteiger partial charge is 0.350 e. The molecule has 15 heavy (non-hydrogen) atoms. The number of nitrogens with zero attached hydrogens (tertiary/aromatic N) is 1. The summed E-state index contributed by atoms with van der Waals surface area (Å²) in [5.74, 6) is 0.703. The first-order valence-electron chi connectivity index (χ1n) is 6.03. The lowest BCUT2D eigenvalue weighted by Crippen LogP contribution is -2.22. The highest BCUT2D eigenvalue weighted by molar-refractivity contribution is 5.11. The normalized spacial score (nSPS) is 13.4. The fraction of sp³-hybridized carbons (Fsp3) is 0.692. The lowest BCUT2D eigenvalue weighted by atomic mass is 10.2. The minimum Gasteiger partial charge on any atom is -0.350 e. The van der Waals surface area contributed by atoms with Crippen LogP contribution in [0.2, 0.25) is 0 Å². The molecule has 0 aliphatic carbocycles. The topological polar surface area (TPSA) is 17.0 Å². The summed E-state index contributed by atoms with van der Waals surface area (Å²) < 4.78 is 2.36. The molecule has 1 rings (SSSR count). The van der Waals surface area contributed by atoms with E-state index in [2.05, 4.69) is 55.9 Å². The van der Waals surface area contributed by atoms with Crippen LogP contribution < -0.4 is 5.32 Å². The predicted octanol–water partition coefficient (Wildman–Crippen LogP) is 3.20. The lowest BCUT2D eigenvalue weighted by molar-refractivity contribution is 0.473. The number of aromatic nitrogens is 1. The molecule has 2 nitrogen and oxygen atoms in total. The van der Waals surface area contributed by atoms with E-state index in [0.29, 0.717) is 12.0 Å². The van der Waals surface area contributed by atoms with Crippen LogP contribution in [0.15, 0.2) is 18.3 Å². The minimum atomic E-state index is 0.457. The van der Waals surface area contributed by atoms with Crippen molar-refractivity contribution in [1.29, 1.82) is 0 Å². The van der Waals surface area contributed by atoms with Crippen LogP contribution in [0.3, 0.4) is 0 Å². The van der Waals surface area contributed by atoms with Crippen LogP contribution in [0.5, 0.6) is 0 Å². The first-order valence-corrected chi connectivity index (χ1v) is 6.03. The van der Waals surface area contributed by atoms with E-state index in [1.54, 1.807) is 0 Å². The Morgan fingerprint density at radius 1 is 1.33 bits per heavy atom. The van der Waals surface area contributed by atoms with E-state index in [-0.39, 0.29) is 0 Å². The SMILES string of the molecule is CCCNC(C)c1cccn1CC(C)C. The predicted molar refractivity (Wildman–Crippen MR) is 66.0 cm³/mol. The van der Waals surface area contributed by atoms with Gasteiger partial charge in [0.05, 0.1) is 0 Å². The van der Waals surface area contributed by atoms with Crippen LogP contribution in [0.4, 0.5) is 0 Å². The Morgan fingerprint density at radius 3 is 2.67 bits per heavy atom. The maximum Gasteiger partial charge on any atom is 0.0446 e. The zero-order chi connectivity index (χ0) is 11.3. The van der Waals surface area contributed by atoms with E-state index < -0.39 is 0 Å². The molecule has 1 aromatic rings.